The van der Waals surface area contributed by atoms with Gasteiger partial charge in [-0.3, -0.25) is 4.98 Å². The number of anilines is 2. The van der Waals surface area contributed by atoms with Gasteiger partial charge in [-0.2, -0.15) is 0 Å². The van der Waals surface area contributed by atoms with E-state index < -0.39 is 0 Å². The zero-order valence-corrected chi connectivity index (χ0v) is 9.59. The predicted octanol–water partition coefficient (Wildman–Crippen LogP) is 3.33. The summed E-state index contributed by atoms with van der Waals surface area (Å²) in [5, 5.41) is 1.18. The number of hydrogen-bond acceptors (Lipinski definition) is 2. The van der Waals surface area contributed by atoms with E-state index in [1.807, 2.05) is 43.7 Å². The molecule has 0 aliphatic heterocycles. The minimum absolute atomic E-state index is 1.06. The molecule has 0 aliphatic rings. The fourth-order valence-electron chi connectivity index (χ4n) is 1.93. The van der Waals surface area contributed by atoms with Crippen LogP contribution in [0.4, 0.5) is 11.5 Å². The lowest BCUT2D eigenvalue weighted by atomic mass is 10.3. The molecule has 0 spiro atoms. The van der Waals surface area contributed by atoms with Gasteiger partial charge in [-0.15, -0.1) is 0 Å². The molecule has 0 saturated heterocycles. The maximum absolute atomic E-state index is 4.11. The normalized spacial score (nSPS) is 10.6. The van der Waals surface area contributed by atoms with Gasteiger partial charge in [0.1, 0.15) is 5.82 Å². The molecule has 3 nitrogen and oxygen atoms in total. The van der Waals surface area contributed by atoms with Crippen LogP contribution in [-0.4, -0.2) is 17.0 Å². The number of aromatic nitrogens is 2. The molecule has 0 fully saturated rings. The van der Waals surface area contributed by atoms with Crippen molar-refractivity contribution in [1.29, 1.82) is 0 Å². The summed E-state index contributed by atoms with van der Waals surface area (Å²) in [6.07, 6.45) is 3.65. The lowest BCUT2D eigenvalue weighted by Crippen LogP contribution is -2.09. The molecule has 0 saturated carbocycles. The fourth-order valence-corrected chi connectivity index (χ4v) is 1.93. The summed E-state index contributed by atoms with van der Waals surface area (Å²) in [7, 11) is 2.05. The van der Waals surface area contributed by atoms with Gasteiger partial charge in [0.15, 0.2) is 0 Å². The van der Waals surface area contributed by atoms with Gasteiger partial charge in [-0.25, -0.2) is 0 Å². The third-order valence-corrected chi connectivity index (χ3v) is 2.91. The number of nitrogens with one attached hydrogen (secondary N) is 1. The monoisotopic (exact) mass is 223 g/mol. The van der Waals surface area contributed by atoms with Crippen LogP contribution in [0.25, 0.3) is 10.9 Å². The first-order valence-corrected chi connectivity index (χ1v) is 5.56. The summed E-state index contributed by atoms with van der Waals surface area (Å²) in [6.45, 7) is 0. The van der Waals surface area contributed by atoms with E-state index in [9.17, 15) is 0 Å². The zero-order chi connectivity index (χ0) is 11.7. The second kappa shape index (κ2) is 3.94. The Morgan fingerprint density at radius 1 is 1.12 bits per heavy atom. The minimum Gasteiger partial charge on any atom is -0.340 e. The highest BCUT2D eigenvalue weighted by Crippen LogP contribution is 2.25. The highest BCUT2D eigenvalue weighted by atomic mass is 15.2. The number of fused-ring (bicyclic) bond motifs is 1. The molecular weight excluding hydrogens is 210 g/mol. The van der Waals surface area contributed by atoms with E-state index in [0.717, 1.165) is 17.0 Å². The first kappa shape index (κ1) is 9.90. The number of rotatable bonds is 2. The van der Waals surface area contributed by atoms with Crippen LogP contribution in [-0.2, 0) is 0 Å². The molecule has 17 heavy (non-hydrogen) atoms. The fraction of sp³-hybridized carbons (Fsp3) is 0.0714. The van der Waals surface area contributed by atoms with E-state index in [0.29, 0.717) is 0 Å². The molecule has 3 heteroatoms. The van der Waals surface area contributed by atoms with Crippen molar-refractivity contribution in [2.45, 2.75) is 0 Å². The van der Waals surface area contributed by atoms with E-state index in [-0.39, 0.29) is 0 Å². The quantitative estimate of drug-likeness (QED) is 0.722. The Kier molecular flexibility index (Phi) is 2.29. The van der Waals surface area contributed by atoms with E-state index >= 15 is 0 Å². The second-order valence-corrected chi connectivity index (χ2v) is 4.01. The van der Waals surface area contributed by atoms with Crippen molar-refractivity contribution in [2.24, 2.45) is 0 Å². The maximum atomic E-state index is 4.11. The van der Waals surface area contributed by atoms with Gasteiger partial charge in [-0.05, 0) is 24.3 Å². The van der Waals surface area contributed by atoms with Gasteiger partial charge in [0.25, 0.3) is 0 Å². The predicted molar refractivity (Wildman–Crippen MR) is 70.6 cm³/mol. The van der Waals surface area contributed by atoms with Crippen molar-refractivity contribution >= 4 is 22.4 Å². The number of nitrogens with zero attached hydrogens (tertiary/aromatic N) is 2. The Bertz CT molecular complexity index is 595. The Morgan fingerprint density at radius 3 is 2.71 bits per heavy atom. The van der Waals surface area contributed by atoms with Crippen molar-refractivity contribution in [1.82, 2.24) is 9.97 Å². The standard InChI is InChI=1S/C14H13N3/c1-17(12-5-3-2-4-6-12)14-9-11-7-8-15-10-13(11)16-14/h2-10,16H,1H3. The van der Waals surface area contributed by atoms with Crippen LogP contribution in [0.5, 0.6) is 0 Å². The molecule has 2 aromatic heterocycles. The molecular formula is C14H13N3. The topological polar surface area (TPSA) is 31.9 Å². The summed E-state index contributed by atoms with van der Waals surface area (Å²) in [4.78, 5) is 9.59. The second-order valence-electron chi connectivity index (χ2n) is 4.01. The van der Waals surface area contributed by atoms with Gasteiger partial charge < -0.3 is 9.88 Å². The van der Waals surface area contributed by atoms with E-state index in [2.05, 4.69) is 33.1 Å². The molecule has 0 amide bonds. The number of aromatic amines is 1. The van der Waals surface area contributed by atoms with Gasteiger partial charge >= 0.3 is 0 Å². The molecule has 0 unspecified atom stereocenters. The van der Waals surface area contributed by atoms with Crippen molar-refractivity contribution < 1.29 is 0 Å². The molecule has 0 bridgehead atoms. The van der Waals surface area contributed by atoms with Crippen molar-refractivity contribution in [2.75, 3.05) is 11.9 Å². The Balaban J connectivity index is 2.04. The van der Waals surface area contributed by atoms with E-state index in [1.54, 1.807) is 0 Å². The summed E-state index contributed by atoms with van der Waals surface area (Å²) in [5.41, 5.74) is 2.22. The highest BCUT2D eigenvalue weighted by molar-refractivity contribution is 5.84. The highest BCUT2D eigenvalue weighted by Gasteiger charge is 2.06. The van der Waals surface area contributed by atoms with Crippen molar-refractivity contribution in [3.8, 4) is 0 Å². The summed E-state index contributed by atoms with van der Waals surface area (Å²) in [6, 6.07) is 14.4. The summed E-state index contributed by atoms with van der Waals surface area (Å²) >= 11 is 0. The van der Waals surface area contributed by atoms with Crippen molar-refractivity contribution in [3.63, 3.8) is 0 Å². The average Bonchev–Trinajstić information content (AvgIpc) is 2.82. The van der Waals surface area contributed by atoms with Crippen LogP contribution in [0, 0.1) is 0 Å². The lowest BCUT2D eigenvalue weighted by Gasteiger charge is -2.16. The van der Waals surface area contributed by atoms with E-state index in [4.69, 9.17) is 0 Å². The molecule has 1 aromatic carbocycles. The van der Waals surface area contributed by atoms with Gasteiger partial charge in [0, 0.05) is 24.3 Å². The molecule has 0 radical (unpaired) electrons. The smallest absolute Gasteiger partial charge is 0.111 e. The van der Waals surface area contributed by atoms with Gasteiger partial charge in [0.05, 0.1) is 11.7 Å². The van der Waals surface area contributed by atoms with Crippen LogP contribution >= 0.6 is 0 Å². The minimum atomic E-state index is 1.06. The molecule has 3 aromatic rings. The molecule has 84 valence electrons. The third-order valence-electron chi connectivity index (χ3n) is 2.91. The number of para-hydroxylation sites is 1. The Labute approximate surface area is 99.7 Å². The Morgan fingerprint density at radius 2 is 1.94 bits per heavy atom. The summed E-state index contributed by atoms with van der Waals surface area (Å²) < 4.78 is 0. The molecule has 2 heterocycles. The van der Waals surface area contributed by atoms with Crippen LogP contribution in [0.3, 0.4) is 0 Å². The third kappa shape index (κ3) is 1.76. The summed E-state index contributed by atoms with van der Waals surface area (Å²) in [5.74, 6) is 1.07. The molecule has 0 aliphatic carbocycles. The average molecular weight is 223 g/mol. The molecule has 0 atom stereocenters. The molecule has 3 rings (SSSR count). The Hall–Kier alpha value is -2.29. The van der Waals surface area contributed by atoms with Crippen LogP contribution < -0.4 is 4.90 Å². The number of benzene rings is 1. The number of H-pyrrole nitrogens is 1. The SMILES string of the molecule is CN(c1ccccc1)c1cc2ccncc2[nH]1. The first-order valence-electron chi connectivity index (χ1n) is 5.56. The van der Waals surface area contributed by atoms with Crippen molar-refractivity contribution in [3.05, 3.63) is 54.9 Å². The lowest BCUT2D eigenvalue weighted by molar-refractivity contribution is 1.16. The van der Waals surface area contributed by atoms with Gasteiger partial charge in [0.2, 0.25) is 0 Å². The molecule has 1 N–H and O–H groups in total. The van der Waals surface area contributed by atoms with E-state index in [1.165, 1.54) is 5.39 Å². The van der Waals surface area contributed by atoms with Crippen LogP contribution in [0.15, 0.2) is 54.9 Å². The van der Waals surface area contributed by atoms with Crippen LogP contribution in [0.1, 0.15) is 0 Å². The van der Waals surface area contributed by atoms with Crippen LogP contribution in [0.2, 0.25) is 0 Å². The largest absolute Gasteiger partial charge is 0.340 e. The number of pyridine rings is 1. The zero-order valence-electron chi connectivity index (χ0n) is 9.59. The van der Waals surface area contributed by atoms with Gasteiger partial charge in [-0.1, -0.05) is 18.2 Å². The number of hydrogen-bond donors (Lipinski definition) is 1. The maximum Gasteiger partial charge on any atom is 0.111 e. The first-order chi connectivity index (χ1) is 8.34.